The average molecular weight is 561 g/mol. The molecule has 40 heavy (non-hydrogen) atoms. The third-order valence-corrected chi connectivity index (χ3v) is 5.94. The van der Waals surface area contributed by atoms with Crippen LogP contribution in [0.25, 0.3) is 0 Å². The first-order valence-electron chi connectivity index (χ1n) is 12.6. The van der Waals surface area contributed by atoms with Crippen LogP contribution in [0, 0.1) is 0 Å². The number of carboxylic acid groups (broad SMARTS) is 1. The number of amides is 4. The molecule has 15 nitrogen and oxygen atoms in total. The summed E-state index contributed by atoms with van der Waals surface area (Å²) in [4.78, 5) is 68.8. The molecule has 0 fully saturated rings. The van der Waals surface area contributed by atoms with Crippen molar-refractivity contribution in [2.45, 2.75) is 62.7 Å². The van der Waals surface area contributed by atoms with E-state index >= 15 is 0 Å². The van der Waals surface area contributed by atoms with E-state index in [9.17, 15) is 34.2 Å². The van der Waals surface area contributed by atoms with Crippen LogP contribution in [0.5, 0.6) is 5.75 Å². The van der Waals surface area contributed by atoms with E-state index in [-0.39, 0.29) is 25.0 Å². The highest BCUT2D eigenvalue weighted by Crippen LogP contribution is 2.12. The molecule has 2 aromatic rings. The number of carbonyl (C=O) groups is 5. The third-order valence-electron chi connectivity index (χ3n) is 5.94. The van der Waals surface area contributed by atoms with Gasteiger partial charge in [0.1, 0.15) is 23.9 Å². The number of aromatic nitrogens is 2. The van der Waals surface area contributed by atoms with E-state index < -0.39 is 60.2 Å². The van der Waals surface area contributed by atoms with Crippen LogP contribution in [0.15, 0.2) is 36.8 Å². The van der Waals surface area contributed by atoms with Crippen molar-refractivity contribution in [3.63, 3.8) is 0 Å². The molecular weight excluding hydrogens is 524 g/mol. The van der Waals surface area contributed by atoms with Gasteiger partial charge in [0, 0.05) is 24.7 Å². The topological polar surface area (TPSA) is 269 Å². The number of unbranched alkanes of at least 4 members (excludes halogenated alkanes) is 1. The summed E-state index contributed by atoms with van der Waals surface area (Å²) < 4.78 is 0. The van der Waals surface area contributed by atoms with E-state index in [4.69, 9.17) is 17.2 Å². The average Bonchev–Trinajstić information content (AvgIpc) is 3.41. The lowest BCUT2D eigenvalue weighted by molar-refractivity contribution is -0.142. The number of carbonyl (C=O) groups excluding carboxylic acids is 4. The zero-order chi connectivity index (χ0) is 29.7. The largest absolute Gasteiger partial charge is 0.508 e. The van der Waals surface area contributed by atoms with Crippen molar-refractivity contribution < 1.29 is 34.2 Å². The number of nitrogens with two attached hydrogens (primary N) is 3. The van der Waals surface area contributed by atoms with Gasteiger partial charge in [-0.25, -0.2) is 9.78 Å². The Balaban J connectivity index is 2.19. The van der Waals surface area contributed by atoms with Gasteiger partial charge in [0.2, 0.25) is 23.6 Å². The molecule has 0 aliphatic carbocycles. The standard InChI is InChI=1S/C25H36N8O7/c26-8-2-1-3-18(23(37)33-20(25(39)40)9-14-4-6-16(34)7-5-14)31-24(38)19(10-15-12-29-13-30-15)32-22(36)17(27)11-21(28)35/h4-7,12-13,17-20,34H,1-3,8-11,26-27H2,(H2,28,35)(H,29,30)(H,31,38)(H,32,36)(H,33,37)(H,39,40). The lowest BCUT2D eigenvalue weighted by atomic mass is 10.0. The quantitative estimate of drug-likeness (QED) is 0.0939. The number of nitrogens with one attached hydrogen (secondary N) is 4. The minimum Gasteiger partial charge on any atom is -0.508 e. The number of imidazole rings is 1. The van der Waals surface area contributed by atoms with Crippen LogP contribution in [0.2, 0.25) is 0 Å². The van der Waals surface area contributed by atoms with Crippen LogP contribution in [0.1, 0.15) is 36.9 Å². The number of aromatic amines is 1. The first-order chi connectivity index (χ1) is 19.0. The van der Waals surface area contributed by atoms with Crippen molar-refractivity contribution in [2.75, 3.05) is 6.54 Å². The molecule has 4 atom stereocenters. The molecule has 2 rings (SSSR count). The van der Waals surface area contributed by atoms with Crippen molar-refractivity contribution in [1.82, 2.24) is 25.9 Å². The van der Waals surface area contributed by atoms with E-state index in [0.29, 0.717) is 30.6 Å². The molecule has 0 aliphatic rings. The highest BCUT2D eigenvalue weighted by Gasteiger charge is 2.31. The Bertz CT molecular complexity index is 1140. The molecule has 15 heteroatoms. The summed E-state index contributed by atoms with van der Waals surface area (Å²) in [6.45, 7) is 0.344. The van der Waals surface area contributed by atoms with E-state index in [1.165, 1.54) is 36.8 Å². The number of carboxylic acids is 1. The molecule has 0 spiro atoms. The zero-order valence-electron chi connectivity index (χ0n) is 21.8. The Hall–Kier alpha value is -4.50. The highest BCUT2D eigenvalue weighted by molar-refractivity contribution is 5.95. The van der Waals surface area contributed by atoms with Crippen molar-refractivity contribution in [2.24, 2.45) is 17.2 Å². The number of hydrogen-bond donors (Lipinski definition) is 9. The molecular formula is C25H36N8O7. The minimum atomic E-state index is -1.32. The summed E-state index contributed by atoms with van der Waals surface area (Å²) in [5, 5.41) is 26.7. The highest BCUT2D eigenvalue weighted by atomic mass is 16.4. The molecule has 0 aliphatic heterocycles. The molecule has 1 heterocycles. The maximum Gasteiger partial charge on any atom is 0.326 e. The van der Waals surface area contributed by atoms with Crippen LogP contribution < -0.4 is 33.2 Å². The third kappa shape index (κ3) is 10.7. The molecule has 4 unspecified atom stereocenters. The lowest BCUT2D eigenvalue weighted by Gasteiger charge is -2.25. The molecule has 0 bridgehead atoms. The van der Waals surface area contributed by atoms with Gasteiger partial charge >= 0.3 is 5.97 Å². The number of phenolic OH excluding ortho intramolecular Hbond substituents is 1. The van der Waals surface area contributed by atoms with Crippen molar-refractivity contribution in [3.8, 4) is 5.75 Å². The van der Waals surface area contributed by atoms with Gasteiger partial charge in [-0.1, -0.05) is 12.1 Å². The fourth-order valence-electron chi connectivity index (χ4n) is 3.79. The van der Waals surface area contributed by atoms with Crippen molar-refractivity contribution in [1.29, 1.82) is 0 Å². The minimum absolute atomic E-state index is 0.00898. The number of nitrogens with zero attached hydrogens (tertiary/aromatic N) is 1. The van der Waals surface area contributed by atoms with Crippen molar-refractivity contribution >= 4 is 29.6 Å². The summed E-state index contributed by atoms with van der Waals surface area (Å²) >= 11 is 0. The number of rotatable bonds is 17. The second-order valence-corrected chi connectivity index (χ2v) is 9.23. The number of H-pyrrole nitrogens is 1. The van der Waals surface area contributed by atoms with Gasteiger partial charge in [0.25, 0.3) is 0 Å². The second kappa shape index (κ2) is 15.8. The Morgan fingerprint density at radius 1 is 0.900 bits per heavy atom. The predicted octanol–water partition coefficient (Wildman–Crippen LogP) is -2.23. The van der Waals surface area contributed by atoms with Gasteiger partial charge in [0.15, 0.2) is 0 Å². The maximum absolute atomic E-state index is 13.3. The summed E-state index contributed by atoms with van der Waals surface area (Å²) in [6.07, 6.45) is 3.42. The van der Waals surface area contributed by atoms with E-state index in [0.717, 1.165) is 0 Å². The number of aromatic hydroxyl groups is 1. The fraction of sp³-hybridized carbons (Fsp3) is 0.440. The molecule has 12 N–H and O–H groups in total. The summed E-state index contributed by atoms with van der Waals surface area (Å²) in [5.74, 6) is -4.37. The van der Waals surface area contributed by atoms with Gasteiger partial charge in [0.05, 0.1) is 18.8 Å². The van der Waals surface area contributed by atoms with E-state index in [2.05, 4.69) is 25.9 Å². The van der Waals surface area contributed by atoms with Crippen LogP contribution in [-0.4, -0.2) is 80.5 Å². The Kier molecular flexibility index (Phi) is 12.5. The Morgan fingerprint density at radius 2 is 1.52 bits per heavy atom. The molecule has 1 aromatic heterocycles. The SMILES string of the molecule is NCCCCC(NC(=O)C(Cc1cnc[nH]1)NC(=O)C(N)CC(N)=O)C(=O)NC(Cc1ccc(O)cc1)C(=O)O. The van der Waals surface area contributed by atoms with Crippen LogP contribution in [0.3, 0.4) is 0 Å². The monoisotopic (exact) mass is 560 g/mol. The number of aliphatic carboxylic acids is 1. The first-order valence-corrected chi connectivity index (χ1v) is 12.6. The molecule has 0 saturated heterocycles. The lowest BCUT2D eigenvalue weighted by Crippen LogP contribution is -2.58. The normalized spacial score (nSPS) is 13.8. The molecule has 218 valence electrons. The van der Waals surface area contributed by atoms with Gasteiger partial charge in [-0.3, -0.25) is 19.2 Å². The van der Waals surface area contributed by atoms with Gasteiger partial charge in [-0.15, -0.1) is 0 Å². The van der Waals surface area contributed by atoms with Gasteiger partial charge in [-0.05, 0) is 43.5 Å². The number of phenols is 1. The smallest absolute Gasteiger partial charge is 0.326 e. The van der Waals surface area contributed by atoms with E-state index in [1.54, 1.807) is 0 Å². The fourth-order valence-corrected chi connectivity index (χ4v) is 3.79. The van der Waals surface area contributed by atoms with Gasteiger partial charge < -0.3 is 48.3 Å². The predicted molar refractivity (Wildman–Crippen MR) is 142 cm³/mol. The molecule has 1 aromatic carbocycles. The van der Waals surface area contributed by atoms with Crippen LogP contribution in [0.4, 0.5) is 0 Å². The second-order valence-electron chi connectivity index (χ2n) is 9.23. The van der Waals surface area contributed by atoms with Crippen molar-refractivity contribution in [3.05, 3.63) is 48.0 Å². The van der Waals surface area contributed by atoms with Crippen LogP contribution in [-0.2, 0) is 36.8 Å². The number of benzene rings is 1. The molecule has 0 radical (unpaired) electrons. The summed E-state index contributed by atoms with van der Waals surface area (Å²) in [5.41, 5.74) is 17.4. The van der Waals surface area contributed by atoms with E-state index in [1.807, 2.05) is 0 Å². The first kappa shape index (κ1) is 31.7. The Morgan fingerprint density at radius 3 is 2.10 bits per heavy atom. The Labute approximate surface area is 230 Å². The molecule has 0 saturated carbocycles. The number of hydrogen-bond acceptors (Lipinski definition) is 9. The number of primary amides is 1. The summed E-state index contributed by atoms with van der Waals surface area (Å²) in [6, 6.07) is 0.871. The zero-order valence-corrected chi connectivity index (χ0v) is 21.8. The van der Waals surface area contributed by atoms with Gasteiger partial charge in [-0.2, -0.15) is 0 Å². The van der Waals surface area contributed by atoms with Crippen LogP contribution >= 0.6 is 0 Å². The summed E-state index contributed by atoms with van der Waals surface area (Å²) in [7, 11) is 0. The maximum atomic E-state index is 13.3. The molecule has 4 amide bonds.